The summed E-state index contributed by atoms with van der Waals surface area (Å²) in [4.78, 5) is 0. The molecule has 0 radical (unpaired) electrons. The van der Waals surface area contributed by atoms with E-state index in [1.807, 2.05) is 11.4 Å². The Morgan fingerprint density at radius 2 is 2.32 bits per heavy atom. The van der Waals surface area contributed by atoms with Gasteiger partial charge >= 0.3 is 0 Å². The van der Waals surface area contributed by atoms with Crippen LogP contribution in [0.25, 0.3) is 0 Å². The molecule has 3 nitrogen and oxygen atoms in total. The van der Waals surface area contributed by atoms with Crippen molar-refractivity contribution in [2.75, 3.05) is 0 Å². The van der Waals surface area contributed by atoms with Crippen molar-refractivity contribution in [3.63, 3.8) is 0 Å². The van der Waals surface area contributed by atoms with E-state index in [1.54, 1.807) is 12.1 Å². The van der Waals surface area contributed by atoms with E-state index in [0.29, 0.717) is 12.0 Å². The minimum absolute atomic E-state index is 0.137. The summed E-state index contributed by atoms with van der Waals surface area (Å²) in [6.45, 7) is 0.775. The summed E-state index contributed by atoms with van der Waals surface area (Å²) in [6.07, 6.45) is 3.33. The lowest BCUT2D eigenvalue weighted by Crippen LogP contribution is -2.25. The number of rotatable bonds is 4. The molecule has 1 saturated carbocycles. The highest BCUT2D eigenvalue weighted by molar-refractivity contribution is 7.03. The third-order valence-corrected chi connectivity index (χ3v) is 4.28. The molecule has 0 spiro atoms. The normalized spacial score (nSPS) is 22.8. The Kier molecular flexibility index (Phi) is 3.84. The Morgan fingerprint density at radius 3 is 3.11 bits per heavy atom. The quantitative estimate of drug-likeness (QED) is 0.933. The van der Waals surface area contributed by atoms with Crippen LogP contribution in [0.15, 0.2) is 29.6 Å². The van der Waals surface area contributed by atoms with Crippen molar-refractivity contribution in [2.45, 2.75) is 37.8 Å². The fourth-order valence-electron chi connectivity index (χ4n) is 2.74. The fraction of sp³-hybridized carbons (Fsp3) is 0.429. The summed E-state index contributed by atoms with van der Waals surface area (Å²) < 4.78 is 17.1. The number of hydrogen-bond donors (Lipinski definition) is 1. The Balaban J connectivity index is 1.55. The highest BCUT2D eigenvalue weighted by atomic mass is 32.1. The molecule has 1 heterocycles. The maximum absolute atomic E-state index is 13.2. The van der Waals surface area contributed by atoms with Gasteiger partial charge in [-0.2, -0.15) is 0 Å². The molecule has 0 bridgehead atoms. The lowest BCUT2D eigenvalue weighted by Gasteiger charge is -2.12. The van der Waals surface area contributed by atoms with Crippen LogP contribution in [-0.2, 0) is 6.54 Å². The minimum Gasteiger partial charge on any atom is -0.308 e. The molecule has 1 aliphatic rings. The lowest BCUT2D eigenvalue weighted by molar-refractivity contribution is 0.512. The van der Waals surface area contributed by atoms with Gasteiger partial charge in [0.05, 0.1) is 5.69 Å². The molecule has 19 heavy (non-hydrogen) atoms. The molecular weight excluding hydrogens is 261 g/mol. The highest BCUT2D eigenvalue weighted by Crippen LogP contribution is 2.34. The summed E-state index contributed by atoms with van der Waals surface area (Å²) in [6, 6.07) is 7.49. The van der Waals surface area contributed by atoms with Gasteiger partial charge in [-0.25, -0.2) is 4.39 Å². The average molecular weight is 277 g/mol. The smallest absolute Gasteiger partial charge is 0.123 e. The first-order valence-corrected chi connectivity index (χ1v) is 7.39. The average Bonchev–Trinajstić information content (AvgIpc) is 3.08. The fourth-order valence-corrected chi connectivity index (χ4v) is 3.19. The second kappa shape index (κ2) is 5.75. The van der Waals surface area contributed by atoms with Crippen molar-refractivity contribution < 1.29 is 4.39 Å². The van der Waals surface area contributed by atoms with Gasteiger partial charge in [-0.15, -0.1) is 5.10 Å². The second-order valence-electron chi connectivity index (χ2n) is 5.04. The number of benzene rings is 1. The molecule has 0 saturated heterocycles. The summed E-state index contributed by atoms with van der Waals surface area (Å²) in [5.74, 6) is 0.337. The standard InChI is InChI=1S/C14H16FN3S/c15-12-3-1-2-10(6-12)11-4-5-13(7-11)16-8-14-9-19-18-17-14/h1-3,6,9,11,13,16H,4-5,7-8H2/t11-,13+/m1/s1. The first-order chi connectivity index (χ1) is 9.31. The van der Waals surface area contributed by atoms with Gasteiger partial charge in [0.2, 0.25) is 0 Å². The Bertz CT molecular complexity index is 529. The third kappa shape index (κ3) is 3.16. The molecule has 100 valence electrons. The topological polar surface area (TPSA) is 37.8 Å². The van der Waals surface area contributed by atoms with Crippen molar-refractivity contribution in [3.8, 4) is 0 Å². The van der Waals surface area contributed by atoms with Crippen molar-refractivity contribution in [1.29, 1.82) is 0 Å². The van der Waals surface area contributed by atoms with E-state index in [1.165, 1.54) is 17.6 Å². The summed E-state index contributed by atoms with van der Waals surface area (Å²) in [5.41, 5.74) is 2.12. The van der Waals surface area contributed by atoms with E-state index >= 15 is 0 Å². The van der Waals surface area contributed by atoms with Gasteiger partial charge in [-0.05, 0) is 54.4 Å². The van der Waals surface area contributed by atoms with Crippen LogP contribution in [-0.4, -0.2) is 15.6 Å². The Morgan fingerprint density at radius 1 is 1.37 bits per heavy atom. The number of nitrogens with one attached hydrogen (secondary N) is 1. The van der Waals surface area contributed by atoms with Gasteiger partial charge in [0, 0.05) is 18.0 Å². The van der Waals surface area contributed by atoms with E-state index in [0.717, 1.165) is 37.1 Å². The Labute approximate surface area is 116 Å². The molecule has 1 N–H and O–H groups in total. The van der Waals surface area contributed by atoms with E-state index in [2.05, 4.69) is 14.9 Å². The van der Waals surface area contributed by atoms with E-state index in [-0.39, 0.29) is 5.82 Å². The summed E-state index contributed by atoms with van der Waals surface area (Å²) >= 11 is 1.38. The SMILES string of the molecule is Fc1cccc([C@@H]2CC[C@H](NCc3csnn3)C2)c1. The van der Waals surface area contributed by atoms with Gasteiger partial charge in [0.1, 0.15) is 5.82 Å². The van der Waals surface area contributed by atoms with Crippen molar-refractivity contribution in [1.82, 2.24) is 14.9 Å². The first-order valence-electron chi connectivity index (χ1n) is 6.56. The molecule has 3 rings (SSSR count). The van der Waals surface area contributed by atoms with Gasteiger partial charge in [0.15, 0.2) is 0 Å². The molecule has 2 atom stereocenters. The zero-order chi connectivity index (χ0) is 13.1. The van der Waals surface area contributed by atoms with Crippen molar-refractivity contribution in [3.05, 3.63) is 46.7 Å². The molecular formula is C14H16FN3S. The molecule has 5 heteroatoms. The monoisotopic (exact) mass is 277 g/mol. The molecule has 1 aliphatic carbocycles. The van der Waals surface area contributed by atoms with Crippen LogP contribution in [0.3, 0.4) is 0 Å². The minimum atomic E-state index is -0.137. The van der Waals surface area contributed by atoms with Gasteiger partial charge in [0.25, 0.3) is 0 Å². The van der Waals surface area contributed by atoms with Crippen LogP contribution < -0.4 is 5.32 Å². The van der Waals surface area contributed by atoms with Gasteiger partial charge in [-0.1, -0.05) is 16.6 Å². The van der Waals surface area contributed by atoms with Crippen LogP contribution in [0.4, 0.5) is 4.39 Å². The second-order valence-corrected chi connectivity index (χ2v) is 5.65. The summed E-state index contributed by atoms with van der Waals surface area (Å²) in [7, 11) is 0. The zero-order valence-electron chi connectivity index (χ0n) is 10.6. The molecule has 2 aromatic rings. The maximum Gasteiger partial charge on any atom is 0.123 e. The Hall–Kier alpha value is -1.33. The third-order valence-electron chi connectivity index (χ3n) is 3.73. The van der Waals surface area contributed by atoms with E-state index < -0.39 is 0 Å². The molecule has 0 aliphatic heterocycles. The van der Waals surface area contributed by atoms with Crippen LogP contribution >= 0.6 is 11.5 Å². The highest BCUT2D eigenvalue weighted by Gasteiger charge is 2.25. The first kappa shape index (κ1) is 12.7. The molecule has 1 aromatic carbocycles. The van der Waals surface area contributed by atoms with Gasteiger partial charge < -0.3 is 5.32 Å². The molecule has 0 amide bonds. The predicted molar refractivity (Wildman–Crippen MR) is 73.5 cm³/mol. The van der Waals surface area contributed by atoms with Crippen LogP contribution in [0.1, 0.15) is 36.4 Å². The molecule has 0 unspecified atom stereocenters. The number of nitrogens with zero attached hydrogens (tertiary/aromatic N) is 2. The summed E-state index contributed by atoms with van der Waals surface area (Å²) in [5, 5.41) is 9.50. The van der Waals surface area contributed by atoms with Gasteiger partial charge in [-0.3, -0.25) is 0 Å². The van der Waals surface area contributed by atoms with Crippen LogP contribution in [0.2, 0.25) is 0 Å². The maximum atomic E-state index is 13.2. The van der Waals surface area contributed by atoms with Crippen LogP contribution in [0.5, 0.6) is 0 Å². The molecule has 1 fully saturated rings. The van der Waals surface area contributed by atoms with Crippen molar-refractivity contribution in [2.24, 2.45) is 0 Å². The van der Waals surface area contributed by atoms with Crippen molar-refractivity contribution >= 4 is 11.5 Å². The number of halogens is 1. The number of hydrogen-bond acceptors (Lipinski definition) is 4. The zero-order valence-corrected chi connectivity index (χ0v) is 11.4. The van der Waals surface area contributed by atoms with E-state index in [4.69, 9.17) is 0 Å². The number of aromatic nitrogens is 2. The van der Waals surface area contributed by atoms with Crippen LogP contribution in [0, 0.1) is 5.82 Å². The molecule has 1 aromatic heterocycles. The largest absolute Gasteiger partial charge is 0.308 e. The predicted octanol–water partition coefficient (Wildman–Crippen LogP) is 3.10. The lowest BCUT2D eigenvalue weighted by atomic mass is 9.97. The van der Waals surface area contributed by atoms with E-state index in [9.17, 15) is 4.39 Å².